The monoisotopic (exact) mass is 318 g/mol. The average molecular weight is 318 g/mol. The first-order chi connectivity index (χ1) is 9.28. The third kappa shape index (κ3) is 1.88. The molecule has 1 aliphatic rings. The molecule has 0 bridgehead atoms. The van der Waals surface area contributed by atoms with E-state index in [1.54, 1.807) is 13.8 Å². The number of nitrogens with zero attached hydrogens (tertiary/aromatic N) is 2. The van der Waals surface area contributed by atoms with Gasteiger partial charge in [0.1, 0.15) is 9.79 Å². The predicted octanol–water partition coefficient (Wildman–Crippen LogP) is 0.841. The van der Waals surface area contributed by atoms with Crippen LogP contribution in [0.5, 0.6) is 0 Å². The molecule has 9 heteroatoms. The van der Waals surface area contributed by atoms with E-state index in [-0.39, 0.29) is 26.6 Å². The largest absolute Gasteiger partial charge is 0.348 e. The van der Waals surface area contributed by atoms with Gasteiger partial charge in [-0.1, -0.05) is 12.1 Å². The van der Waals surface area contributed by atoms with Gasteiger partial charge in [-0.2, -0.15) is 16.8 Å². The van der Waals surface area contributed by atoms with E-state index in [1.807, 2.05) is 0 Å². The molecule has 0 saturated carbocycles. The van der Waals surface area contributed by atoms with Crippen LogP contribution in [0.15, 0.2) is 34.1 Å². The molecule has 0 N–H and O–H groups in total. The molecule has 0 spiro atoms. The summed E-state index contributed by atoms with van der Waals surface area (Å²) >= 11 is 0. The molecule has 0 unspecified atom stereocenters. The first-order valence-corrected chi connectivity index (χ1v) is 8.85. The molecule has 2 amide bonds. The van der Waals surface area contributed by atoms with Crippen molar-refractivity contribution in [2.45, 2.75) is 23.6 Å². The Morgan fingerprint density at radius 1 is 1.00 bits per heavy atom. The quantitative estimate of drug-likeness (QED) is 0.806. The number of hydrogen-bond donors (Lipinski definition) is 0. The number of rotatable bonds is 2. The molecule has 1 heterocycles. The van der Waals surface area contributed by atoms with Gasteiger partial charge in [-0.3, -0.25) is 0 Å². The molecule has 2 rings (SSSR count). The van der Waals surface area contributed by atoms with E-state index in [4.69, 9.17) is 0 Å². The third-order valence-electron chi connectivity index (χ3n) is 3.03. The Kier molecular flexibility index (Phi) is 3.51. The summed E-state index contributed by atoms with van der Waals surface area (Å²) in [5.74, 6) is 0. The predicted molar refractivity (Wildman–Crippen MR) is 71.0 cm³/mol. The minimum absolute atomic E-state index is 0.0162. The fourth-order valence-corrected chi connectivity index (χ4v) is 6.29. The van der Waals surface area contributed by atoms with Gasteiger partial charge >= 0.3 is 6.03 Å². The second-order valence-electron chi connectivity index (χ2n) is 4.11. The molecule has 1 aromatic carbocycles. The zero-order valence-electron chi connectivity index (χ0n) is 11.0. The van der Waals surface area contributed by atoms with Crippen LogP contribution in [0.3, 0.4) is 0 Å². The molecule has 1 aromatic rings. The summed E-state index contributed by atoms with van der Waals surface area (Å²) < 4.78 is 49.1. The standard InChI is InChI=1S/C11H14N2O5S2/c1-3-12(4-2)11(14)13-19(15,16)9-7-5-6-8-10(9)20(13,17)18/h5-8H,3-4H2,1-2H3. The van der Waals surface area contributed by atoms with Crippen molar-refractivity contribution in [3.05, 3.63) is 24.3 Å². The SMILES string of the molecule is CCN(CC)C(=O)N1S(=O)(=O)c2ccccc2S1(=O)=O. The second kappa shape index (κ2) is 4.74. The Morgan fingerprint density at radius 2 is 1.40 bits per heavy atom. The van der Waals surface area contributed by atoms with E-state index >= 15 is 0 Å². The van der Waals surface area contributed by atoms with E-state index in [2.05, 4.69) is 0 Å². The molecule has 0 aromatic heterocycles. The molecule has 20 heavy (non-hydrogen) atoms. The van der Waals surface area contributed by atoms with Crippen LogP contribution in [0.2, 0.25) is 0 Å². The fourth-order valence-electron chi connectivity index (χ4n) is 2.00. The second-order valence-corrected chi connectivity index (χ2v) is 7.85. The molecule has 7 nitrogen and oxygen atoms in total. The van der Waals surface area contributed by atoms with Crippen LogP contribution in [0, 0.1) is 0 Å². The van der Waals surface area contributed by atoms with E-state index in [9.17, 15) is 21.6 Å². The summed E-state index contributed by atoms with van der Waals surface area (Å²) in [4.78, 5) is 12.6. The zero-order chi connectivity index (χ0) is 15.1. The van der Waals surface area contributed by atoms with Gasteiger partial charge in [0.05, 0.1) is 0 Å². The van der Waals surface area contributed by atoms with Crippen LogP contribution in [0.25, 0.3) is 0 Å². The maximum atomic E-state index is 12.3. The minimum atomic E-state index is -4.36. The minimum Gasteiger partial charge on any atom is -0.323 e. The van der Waals surface area contributed by atoms with Crippen molar-refractivity contribution in [3.63, 3.8) is 0 Å². The smallest absolute Gasteiger partial charge is 0.323 e. The van der Waals surface area contributed by atoms with Gasteiger partial charge in [0.15, 0.2) is 0 Å². The number of hydrogen-bond acceptors (Lipinski definition) is 5. The van der Waals surface area contributed by atoms with Crippen molar-refractivity contribution in [2.24, 2.45) is 0 Å². The van der Waals surface area contributed by atoms with E-state index in [0.29, 0.717) is 0 Å². The van der Waals surface area contributed by atoms with E-state index < -0.39 is 26.1 Å². The average Bonchev–Trinajstić information content (AvgIpc) is 2.55. The number of urea groups is 1. The molecule has 110 valence electrons. The third-order valence-corrected chi connectivity index (χ3v) is 7.35. The normalized spacial score (nSPS) is 18.6. The van der Waals surface area contributed by atoms with Gasteiger partial charge in [-0.15, -0.1) is 3.71 Å². The van der Waals surface area contributed by atoms with Gasteiger partial charge in [-0.25, -0.2) is 4.79 Å². The summed E-state index contributed by atoms with van der Waals surface area (Å²) in [7, 11) is -8.73. The first kappa shape index (κ1) is 14.8. The van der Waals surface area contributed by atoms with Crippen LogP contribution >= 0.6 is 0 Å². The van der Waals surface area contributed by atoms with Crippen molar-refractivity contribution in [1.82, 2.24) is 8.61 Å². The topological polar surface area (TPSA) is 91.8 Å². The number of amides is 2. The highest BCUT2D eigenvalue weighted by Crippen LogP contribution is 2.36. The number of benzene rings is 1. The number of carbonyl (C=O) groups excluding carboxylic acids is 1. The summed E-state index contributed by atoms with van der Waals surface area (Å²) in [6.07, 6.45) is 0. The lowest BCUT2D eigenvalue weighted by Crippen LogP contribution is -2.45. The Morgan fingerprint density at radius 3 is 1.75 bits per heavy atom. The number of fused-ring (bicyclic) bond motifs is 1. The lowest BCUT2D eigenvalue weighted by Gasteiger charge is -2.23. The highest BCUT2D eigenvalue weighted by atomic mass is 32.3. The Labute approximate surface area is 117 Å². The highest BCUT2D eigenvalue weighted by molar-refractivity contribution is 8.07. The van der Waals surface area contributed by atoms with Gasteiger partial charge in [0.2, 0.25) is 0 Å². The van der Waals surface area contributed by atoms with Gasteiger partial charge in [-0.05, 0) is 26.0 Å². The lowest BCUT2D eigenvalue weighted by atomic mass is 10.4. The molecule has 0 fully saturated rings. The molecule has 0 radical (unpaired) electrons. The summed E-state index contributed by atoms with van der Waals surface area (Å²) in [5, 5.41) is 0. The number of sulfonamides is 2. The van der Waals surface area contributed by atoms with E-state index in [0.717, 1.165) is 4.90 Å². The maximum absolute atomic E-state index is 12.3. The van der Waals surface area contributed by atoms with Crippen molar-refractivity contribution in [3.8, 4) is 0 Å². The van der Waals surface area contributed by atoms with Crippen molar-refractivity contribution in [1.29, 1.82) is 0 Å². The van der Waals surface area contributed by atoms with Crippen molar-refractivity contribution < 1.29 is 21.6 Å². The lowest BCUT2D eigenvalue weighted by molar-refractivity contribution is 0.197. The molecule has 0 saturated heterocycles. The Bertz CT molecular complexity index is 698. The molecule has 0 atom stereocenters. The highest BCUT2D eigenvalue weighted by Gasteiger charge is 2.51. The summed E-state index contributed by atoms with van der Waals surface area (Å²) in [6.45, 7) is 3.72. The molecule has 1 aliphatic heterocycles. The van der Waals surface area contributed by atoms with Gasteiger partial charge < -0.3 is 4.90 Å². The zero-order valence-corrected chi connectivity index (χ0v) is 12.6. The van der Waals surface area contributed by atoms with Gasteiger partial charge in [0, 0.05) is 13.1 Å². The van der Waals surface area contributed by atoms with Crippen LogP contribution < -0.4 is 0 Å². The maximum Gasteiger partial charge on any atom is 0.348 e. The van der Waals surface area contributed by atoms with E-state index in [1.165, 1.54) is 24.3 Å². The summed E-state index contributed by atoms with van der Waals surface area (Å²) in [6, 6.07) is 4.13. The molecular formula is C11H14N2O5S2. The van der Waals surface area contributed by atoms with Crippen molar-refractivity contribution in [2.75, 3.05) is 13.1 Å². The van der Waals surface area contributed by atoms with Gasteiger partial charge in [0.25, 0.3) is 20.0 Å². The van der Waals surface area contributed by atoms with Crippen LogP contribution in [0.4, 0.5) is 4.79 Å². The van der Waals surface area contributed by atoms with Crippen molar-refractivity contribution >= 4 is 26.1 Å². The molecular weight excluding hydrogens is 304 g/mol. The van der Waals surface area contributed by atoms with Crippen LogP contribution in [0.1, 0.15) is 13.8 Å². The fraction of sp³-hybridized carbons (Fsp3) is 0.364. The number of carbonyl (C=O) groups is 1. The van der Waals surface area contributed by atoms with Crippen LogP contribution in [-0.4, -0.2) is 44.6 Å². The molecule has 0 aliphatic carbocycles. The summed E-state index contributed by atoms with van der Waals surface area (Å²) in [5.41, 5.74) is 0. The Hall–Kier alpha value is -1.61. The van der Waals surface area contributed by atoms with Crippen LogP contribution in [-0.2, 0) is 20.0 Å². The Balaban J connectivity index is 2.67. The first-order valence-electron chi connectivity index (χ1n) is 5.97.